The van der Waals surface area contributed by atoms with Crippen LogP contribution in [0.5, 0.6) is 0 Å². The lowest BCUT2D eigenvalue weighted by molar-refractivity contribution is 0.195. The fraction of sp³-hybridized carbons (Fsp3) is 0.550. The minimum absolute atomic E-state index is 0. The van der Waals surface area contributed by atoms with E-state index in [1.54, 1.807) is 7.11 Å². The van der Waals surface area contributed by atoms with Gasteiger partial charge in [-0.3, -0.25) is 0 Å². The molecule has 9 heteroatoms. The molecule has 1 aromatic carbocycles. The molecule has 0 atom stereocenters. The van der Waals surface area contributed by atoms with Crippen molar-refractivity contribution in [2.75, 3.05) is 26.8 Å². The molecule has 1 heterocycles. The first-order valence-electron chi connectivity index (χ1n) is 9.66. The number of halogens is 2. The van der Waals surface area contributed by atoms with Crippen LogP contribution in [0.2, 0.25) is 0 Å². The summed E-state index contributed by atoms with van der Waals surface area (Å²) in [6.45, 7) is 4.82. The lowest BCUT2D eigenvalue weighted by Crippen LogP contribution is -2.42. The molecule has 0 spiro atoms. The van der Waals surface area contributed by atoms with Crippen molar-refractivity contribution < 1.29 is 4.74 Å². The third-order valence-corrected chi connectivity index (χ3v) is 5.76. The van der Waals surface area contributed by atoms with Gasteiger partial charge >= 0.3 is 0 Å². The quantitative estimate of drug-likeness (QED) is 0.207. The van der Waals surface area contributed by atoms with Crippen LogP contribution in [0.4, 0.5) is 0 Å². The van der Waals surface area contributed by atoms with Crippen molar-refractivity contribution in [1.82, 2.24) is 25.4 Å². The summed E-state index contributed by atoms with van der Waals surface area (Å²) in [6.07, 6.45) is 3.31. The molecule has 0 radical (unpaired) electrons. The van der Waals surface area contributed by atoms with Crippen LogP contribution in [0.25, 0.3) is 0 Å². The summed E-state index contributed by atoms with van der Waals surface area (Å²) in [5.41, 5.74) is 1.57. The van der Waals surface area contributed by atoms with Crippen molar-refractivity contribution in [2.45, 2.75) is 38.1 Å². The third-order valence-electron chi connectivity index (χ3n) is 5.26. The first kappa shape index (κ1) is 24.1. The largest absolute Gasteiger partial charge is 0.385 e. The van der Waals surface area contributed by atoms with E-state index >= 15 is 0 Å². The van der Waals surface area contributed by atoms with Crippen molar-refractivity contribution in [3.8, 4) is 0 Å². The van der Waals surface area contributed by atoms with Gasteiger partial charge < -0.3 is 19.9 Å². The van der Waals surface area contributed by atoms with E-state index in [1.807, 2.05) is 18.5 Å². The smallest absolute Gasteiger partial charge is 0.191 e. The zero-order valence-corrected chi connectivity index (χ0v) is 21.2. The van der Waals surface area contributed by atoms with Crippen LogP contribution in [0, 0.1) is 6.92 Å². The van der Waals surface area contributed by atoms with E-state index in [-0.39, 0.29) is 29.4 Å². The molecule has 0 aliphatic heterocycles. The lowest BCUT2D eigenvalue weighted by atomic mass is 9.96. The molecule has 1 saturated carbocycles. The molecular formula is C20H30BrIN6O. The molecule has 0 saturated heterocycles. The maximum atomic E-state index is 5.14. The molecule has 1 aromatic heterocycles. The molecule has 1 aliphatic rings. The topological polar surface area (TPSA) is 76.4 Å². The minimum Gasteiger partial charge on any atom is -0.385 e. The van der Waals surface area contributed by atoms with Gasteiger partial charge in [0.1, 0.15) is 12.4 Å². The monoisotopic (exact) mass is 576 g/mol. The number of nitrogens with zero attached hydrogens (tertiary/aromatic N) is 4. The van der Waals surface area contributed by atoms with Crippen molar-refractivity contribution in [1.29, 1.82) is 0 Å². The second kappa shape index (κ2) is 11.3. The van der Waals surface area contributed by atoms with Crippen LogP contribution >= 0.6 is 39.9 Å². The number of hydrogen-bond acceptors (Lipinski definition) is 4. The second-order valence-electron chi connectivity index (χ2n) is 7.30. The van der Waals surface area contributed by atoms with E-state index in [0.29, 0.717) is 6.54 Å². The molecule has 3 rings (SSSR count). The van der Waals surface area contributed by atoms with Crippen molar-refractivity contribution in [3.63, 3.8) is 0 Å². The van der Waals surface area contributed by atoms with Crippen molar-refractivity contribution in [3.05, 3.63) is 46.0 Å². The Labute approximate surface area is 198 Å². The van der Waals surface area contributed by atoms with Gasteiger partial charge in [0.25, 0.3) is 0 Å². The zero-order chi connectivity index (χ0) is 20.0. The van der Waals surface area contributed by atoms with Crippen molar-refractivity contribution in [2.24, 2.45) is 12.0 Å². The maximum Gasteiger partial charge on any atom is 0.191 e. The average molecular weight is 577 g/mol. The van der Waals surface area contributed by atoms with Gasteiger partial charge in [-0.2, -0.15) is 0 Å². The molecule has 7 nitrogen and oxygen atoms in total. The first-order valence-corrected chi connectivity index (χ1v) is 10.5. The number of rotatable bonds is 9. The molecule has 1 aliphatic carbocycles. The van der Waals surface area contributed by atoms with Crippen LogP contribution in [-0.4, -0.2) is 47.5 Å². The van der Waals surface area contributed by atoms with Crippen LogP contribution in [-0.2, 0) is 23.7 Å². The van der Waals surface area contributed by atoms with Crippen LogP contribution in [0.1, 0.15) is 36.5 Å². The lowest BCUT2D eigenvalue weighted by Gasteiger charge is -2.19. The van der Waals surface area contributed by atoms with Gasteiger partial charge in [-0.15, -0.1) is 34.2 Å². The zero-order valence-electron chi connectivity index (χ0n) is 17.2. The number of guanidine groups is 1. The highest BCUT2D eigenvalue weighted by atomic mass is 127. The van der Waals surface area contributed by atoms with Gasteiger partial charge in [0.05, 0.1) is 0 Å². The van der Waals surface area contributed by atoms with Crippen LogP contribution in [0.15, 0.2) is 33.7 Å². The molecule has 2 aromatic rings. The Morgan fingerprint density at radius 1 is 1.31 bits per heavy atom. The van der Waals surface area contributed by atoms with Crippen LogP contribution in [0.3, 0.4) is 0 Å². The Morgan fingerprint density at radius 2 is 2.10 bits per heavy atom. The van der Waals surface area contributed by atoms with E-state index in [0.717, 1.165) is 48.2 Å². The van der Waals surface area contributed by atoms with Gasteiger partial charge in [0, 0.05) is 43.7 Å². The minimum atomic E-state index is 0. The van der Waals surface area contributed by atoms with Gasteiger partial charge in [0.15, 0.2) is 11.8 Å². The number of hydrogen-bond donors (Lipinski definition) is 2. The molecule has 0 amide bonds. The summed E-state index contributed by atoms with van der Waals surface area (Å²) >= 11 is 3.59. The summed E-state index contributed by atoms with van der Waals surface area (Å²) in [6, 6.07) is 8.61. The van der Waals surface area contributed by atoms with E-state index in [2.05, 4.69) is 61.0 Å². The normalized spacial score (nSPS) is 15.0. The Bertz CT molecular complexity index is 821. The highest BCUT2D eigenvalue weighted by molar-refractivity contribution is 14.0. The Hall–Kier alpha value is -1.20. The summed E-state index contributed by atoms with van der Waals surface area (Å²) in [5.74, 6) is 2.54. The second-order valence-corrected chi connectivity index (χ2v) is 8.22. The highest BCUT2D eigenvalue weighted by Gasteiger charge is 2.44. The molecule has 0 bridgehead atoms. The number of aryl methyl sites for hydroxylation is 1. The van der Waals surface area contributed by atoms with Gasteiger partial charge in [-0.1, -0.05) is 28.1 Å². The number of benzene rings is 1. The van der Waals surface area contributed by atoms with E-state index in [9.17, 15) is 0 Å². The van der Waals surface area contributed by atoms with Crippen LogP contribution < -0.4 is 10.6 Å². The van der Waals surface area contributed by atoms with E-state index in [4.69, 9.17) is 9.73 Å². The Kier molecular flexibility index (Phi) is 9.35. The molecule has 1 fully saturated rings. The summed E-state index contributed by atoms with van der Waals surface area (Å²) in [7, 11) is 3.68. The highest BCUT2D eigenvalue weighted by Crippen LogP contribution is 2.48. The fourth-order valence-corrected chi connectivity index (χ4v) is 3.52. The Balaban J connectivity index is 0.00000300. The number of aliphatic imine (C=N–C) groups is 1. The predicted molar refractivity (Wildman–Crippen MR) is 130 cm³/mol. The Morgan fingerprint density at radius 3 is 2.72 bits per heavy atom. The molecule has 29 heavy (non-hydrogen) atoms. The first-order chi connectivity index (χ1) is 13.5. The number of nitrogens with one attached hydrogen (secondary N) is 2. The number of methoxy groups -OCH3 is 1. The van der Waals surface area contributed by atoms with Crippen molar-refractivity contribution >= 4 is 45.9 Å². The number of aromatic nitrogens is 3. The van der Waals surface area contributed by atoms with E-state index in [1.165, 1.54) is 18.4 Å². The fourth-order valence-electron chi connectivity index (χ4n) is 3.13. The van der Waals surface area contributed by atoms with E-state index < -0.39 is 0 Å². The van der Waals surface area contributed by atoms with Gasteiger partial charge in [-0.25, -0.2) is 4.99 Å². The molecular weight excluding hydrogens is 547 g/mol. The SMILES string of the molecule is COCCCNC(=NCc1nnc(C)n1C)NCC1(c2cccc(Br)c2)CC1.I. The molecule has 2 N–H and O–H groups in total. The van der Waals surface area contributed by atoms with Gasteiger partial charge in [0.2, 0.25) is 0 Å². The number of ether oxygens (including phenoxy) is 1. The third kappa shape index (κ3) is 6.65. The summed E-state index contributed by atoms with van der Waals surface area (Å²) < 4.78 is 8.23. The average Bonchev–Trinajstić information content (AvgIpc) is 3.42. The maximum absolute atomic E-state index is 5.14. The van der Waals surface area contributed by atoms with Gasteiger partial charge in [-0.05, 0) is 43.9 Å². The summed E-state index contributed by atoms with van der Waals surface area (Å²) in [4.78, 5) is 4.73. The molecule has 160 valence electrons. The standard InChI is InChI=1S/C20H29BrN6O.HI/c1-15-25-26-18(27(15)2)13-23-19(22-10-5-11-28-3)24-14-20(8-9-20)16-6-4-7-17(21)12-16;/h4,6-7,12H,5,8-11,13-14H2,1-3H3,(H2,22,23,24);1H. The summed E-state index contributed by atoms with van der Waals surface area (Å²) in [5, 5.41) is 15.3. The predicted octanol–water partition coefficient (Wildman–Crippen LogP) is 3.31. The molecule has 0 unspecified atom stereocenters.